The zero-order chi connectivity index (χ0) is 13.8. The van der Waals surface area contributed by atoms with Crippen LogP contribution < -0.4 is 4.74 Å². The van der Waals surface area contributed by atoms with E-state index in [0.717, 1.165) is 16.5 Å². The van der Waals surface area contributed by atoms with Gasteiger partial charge >= 0.3 is 0 Å². The number of carbonyl (C=O) groups excluding carboxylic acids is 1. The Kier molecular flexibility index (Phi) is 3.85. The van der Waals surface area contributed by atoms with E-state index in [0.29, 0.717) is 5.56 Å². The van der Waals surface area contributed by atoms with Crippen LogP contribution >= 0.6 is 0 Å². The highest BCUT2D eigenvalue weighted by atomic mass is 16.5. The molecule has 0 aliphatic carbocycles. The normalized spacial score (nSPS) is 10.9. The number of nitrogens with zero attached hydrogens (tertiary/aromatic N) is 1. The van der Waals surface area contributed by atoms with Crippen molar-refractivity contribution in [2.75, 3.05) is 21.2 Å². The standard InChI is InChI=1S/C16H17NO2/c1-17(2)9-8-16(18)14-5-4-13-11-15(19-3)7-6-12(13)10-14/h4-11H,1-3H3. The number of ketones is 1. The summed E-state index contributed by atoms with van der Waals surface area (Å²) >= 11 is 0. The Bertz CT molecular complexity index is 630. The molecule has 0 saturated heterocycles. The largest absolute Gasteiger partial charge is 0.497 e. The minimum Gasteiger partial charge on any atom is -0.497 e. The minimum absolute atomic E-state index is 0.00594. The van der Waals surface area contributed by atoms with Crippen LogP contribution in [-0.2, 0) is 0 Å². The van der Waals surface area contributed by atoms with Gasteiger partial charge in [-0.05, 0) is 29.0 Å². The first-order valence-corrected chi connectivity index (χ1v) is 6.07. The highest BCUT2D eigenvalue weighted by Gasteiger charge is 2.04. The summed E-state index contributed by atoms with van der Waals surface area (Å²) in [5.41, 5.74) is 0.691. The average Bonchev–Trinajstić information content (AvgIpc) is 2.43. The fraction of sp³-hybridized carbons (Fsp3) is 0.188. The number of ether oxygens (including phenoxy) is 1. The predicted octanol–water partition coefficient (Wildman–Crippen LogP) is 3.11. The molecule has 0 spiro atoms. The lowest BCUT2D eigenvalue weighted by Gasteiger charge is -2.05. The van der Waals surface area contributed by atoms with Crippen LogP contribution in [0.3, 0.4) is 0 Å². The van der Waals surface area contributed by atoms with E-state index in [-0.39, 0.29) is 5.78 Å². The molecule has 0 N–H and O–H groups in total. The van der Waals surface area contributed by atoms with Crippen LogP contribution in [0.4, 0.5) is 0 Å². The molecule has 0 radical (unpaired) electrons. The number of allylic oxidation sites excluding steroid dienone is 1. The molecule has 0 fully saturated rings. The van der Waals surface area contributed by atoms with Crippen molar-refractivity contribution in [1.29, 1.82) is 0 Å². The molecule has 2 aromatic rings. The number of fused-ring (bicyclic) bond motifs is 1. The van der Waals surface area contributed by atoms with Gasteiger partial charge in [-0.2, -0.15) is 0 Å². The first-order chi connectivity index (χ1) is 9.10. The van der Waals surface area contributed by atoms with Crippen molar-refractivity contribution in [3.05, 3.63) is 54.2 Å². The van der Waals surface area contributed by atoms with Crippen LogP contribution in [0.2, 0.25) is 0 Å². The Morgan fingerprint density at radius 3 is 2.47 bits per heavy atom. The molecule has 2 rings (SSSR count). The number of methoxy groups -OCH3 is 1. The Hall–Kier alpha value is -2.29. The molecule has 98 valence electrons. The van der Waals surface area contributed by atoms with Crippen molar-refractivity contribution >= 4 is 16.6 Å². The van der Waals surface area contributed by atoms with Crippen molar-refractivity contribution in [3.8, 4) is 5.75 Å². The third-order valence-electron chi connectivity index (χ3n) is 2.86. The Labute approximate surface area is 113 Å². The molecule has 0 amide bonds. The first kappa shape index (κ1) is 13.1. The molecule has 0 saturated carbocycles. The Morgan fingerprint density at radius 2 is 1.79 bits per heavy atom. The number of rotatable bonds is 4. The highest BCUT2D eigenvalue weighted by Crippen LogP contribution is 2.22. The fourth-order valence-corrected chi connectivity index (χ4v) is 1.82. The van der Waals surface area contributed by atoms with Gasteiger partial charge in [-0.25, -0.2) is 0 Å². The summed E-state index contributed by atoms with van der Waals surface area (Å²) in [6.07, 6.45) is 3.32. The average molecular weight is 255 g/mol. The first-order valence-electron chi connectivity index (χ1n) is 6.07. The van der Waals surface area contributed by atoms with Gasteiger partial charge in [-0.15, -0.1) is 0 Å². The van der Waals surface area contributed by atoms with Gasteiger partial charge in [0.25, 0.3) is 0 Å². The third-order valence-corrected chi connectivity index (χ3v) is 2.86. The second-order valence-electron chi connectivity index (χ2n) is 4.57. The second kappa shape index (κ2) is 5.57. The van der Waals surface area contributed by atoms with Crippen LogP contribution in [0.1, 0.15) is 10.4 Å². The van der Waals surface area contributed by atoms with E-state index in [2.05, 4.69) is 0 Å². The van der Waals surface area contributed by atoms with Gasteiger partial charge in [0.15, 0.2) is 5.78 Å². The van der Waals surface area contributed by atoms with Crippen LogP contribution in [0.5, 0.6) is 5.75 Å². The number of hydrogen-bond donors (Lipinski definition) is 0. The predicted molar refractivity (Wildman–Crippen MR) is 77.7 cm³/mol. The van der Waals surface area contributed by atoms with E-state index < -0.39 is 0 Å². The van der Waals surface area contributed by atoms with Gasteiger partial charge in [0, 0.05) is 31.9 Å². The van der Waals surface area contributed by atoms with E-state index in [4.69, 9.17) is 4.74 Å². The lowest BCUT2D eigenvalue weighted by molar-refractivity contribution is 0.104. The molecule has 3 nitrogen and oxygen atoms in total. The van der Waals surface area contributed by atoms with Gasteiger partial charge in [-0.3, -0.25) is 4.79 Å². The number of hydrogen-bond acceptors (Lipinski definition) is 3. The maximum absolute atomic E-state index is 12.0. The molecule has 0 heterocycles. The SMILES string of the molecule is COc1ccc2cc(C(=O)C=CN(C)C)ccc2c1. The smallest absolute Gasteiger partial charge is 0.187 e. The van der Waals surface area contributed by atoms with Gasteiger partial charge in [0.2, 0.25) is 0 Å². The third kappa shape index (κ3) is 3.13. The maximum atomic E-state index is 12.0. The molecular weight excluding hydrogens is 238 g/mol. The Morgan fingerprint density at radius 1 is 1.11 bits per heavy atom. The van der Waals surface area contributed by atoms with Crippen LogP contribution in [-0.4, -0.2) is 31.9 Å². The molecule has 0 aliphatic heterocycles. The van der Waals surface area contributed by atoms with E-state index in [1.54, 1.807) is 19.4 Å². The topological polar surface area (TPSA) is 29.5 Å². The Balaban J connectivity index is 2.34. The molecule has 0 unspecified atom stereocenters. The van der Waals surface area contributed by atoms with Gasteiger partial charge in [-0.1, -0.05) is 18.2 Å². The van der Waals surface area contributed by atoms with Crippen molar-refractivity contribution in [3.63, 3.8) is 0 Å². The summed E-state index contributed by atoms with van der Waals surface area (Å²) in [5.74, 6) is 0.825. The lowest BCUT2D eigenvalue weighted by atomic mass is 10.0. The highest BCUT2D eigenvalue weighted by molar-refractivity contribution is 6.06. The van der Waals surface area contributed by atoms with Crippen molar-refractivity contribution < 1.29 is 9.53 Å². The molecule has 2 aromatic carbocycles. The monoisotopic (exact) mass is 255 g/mol. The number of carbonyl (C=O) groups is 1. The van der Waals surface area contributed by atoms with Gasteiger partial charge in [0.05, 0.1) is 7.11 Å². The van der Waals surface area contributed by atoms with E-state index in [1.807, 2.05) is 55.4 Å². The van der Waals surface area contributed by atoms with Gasteiger partial charge < -0.3 is 9.64 Å². The summed E-state index contributed by atoms with van der Waals surface area (Å²) in [6.45, 7) is 0. The second-order valence-corrected chi connectivity index (χ2v) is 4.57. The zero-order valence-electron chi connectivity index (χ0n) is 11.4. The molecule has 0 aromatic heterocycles. The summed E-state index contributed by atoms with van der Waals surface area (Å²) in [7, 11) is 5.41. The molecular formula is C16H17NO2. The fourth-order valence-electron chi connectivity index (χ4n) is 1.82. The van der Waals surface area contributed by atoms with E-state index >= 15 is 0 Å². The maximum Gasteiger partial charge on any atom is 0.187 e. The van der Waals surface area contributed by atoms with Crippen molar-refractivity contribution in [2.24, 2.45) is 0 Å². The van der Waals surface area contributed by atoms with E-state index in [9.17, 15) is 4.79 Å². The van der Waals surface area contributed by atoms with Crippen LogP contribution in [0.25, 0.3) is 10.8 Å². The molecule has 3 heteroatoms. The van der Waals surface area contributed by atoms with Crippen LogP contribution in [0, 0.1) is 0 Å². The summed E-state index contributed by atoms with van der Waals surface area (Å²) in [5, 5.41) is 2.09. The van der Waals surface area contributed by atoms with Gasteiger partial charge in [0.1, 0.15) is 5.75 Å². The summed E-state index contributed by atoms with van der Waals surface area (Å²) in [6, 6.07) is 11.5. The quantitative estimate of drug-likeness (QED) is 0.621. The molecule has 0 aliphatic rings. The van der Waals surface area contributed by atoms with E-state index in [1.165, 1.54) is 0 Å². The van der Waals surface area contributed by atoms with Crippen molar-refractivity contribution in [1.82, 2.24) is 4.90 Å². The molecule has 19 heavy (non-hydrogen) atoms. The van der Waals surface area contributed by atoms with Crippen molar-refractivity contribution in [2.45, 2.75) is 0 Å². The summed E-state index contributed by atoms with van der Waals surface area (Å²) in [4.78, 5) is 13.8. The summed E-state index contributed by atoms with van der Waals surface area (Å²) < 4.78 is 5.18. The number of benzene rings is 2. The molecule has 0 atom stereocenters. The minimum atomic E-state index is 0.00594. The zero-order valence-corrected chi connectivity index (χ0v) is 11.4. The molecule has 0 bridgehead atoms. The van der Waals surface area contributed by atoms with Crippen LogP contribution in [0.15, 0.2) is 48.7 Å². The lowest BCUT2D eigenvalue weighted by Crippen LogP contribution is -2.03.